The van der Waals surface area contributed by atoms with Crippen LogP contribution in [0.1, 0.15) is 0 Å². The summed E-state index contributed by atoms with van der Waals surface area (Å²) in [5, 5.41) is 2.62. The number of ether oxygens (including phenoxy) is 1. The van der Waals surface area contributed by atoms with Gasteiger partial charge in [-0.1, -0.05) is 18.2 Å². The van der Waals surface area contributed by atoms with Crippen molar-refractivity contribution >= 4 is 49.3 Å². The molecule has 0 unspecified atom stereocenters. The van der Waals surface area contributed by atoms with Crippen LogP contribution in [-0.4, -0.2) is 6.09 Å². The van der Waals surface area contributed by atoms with E-state index in [4.69, 9.17) is 10.5 Å². The van der Waals surface area contributed by atoms with Gasteiger partial charge in [0.1, 0.15) is 5.75 Å². The molecule has 0 aliphatic rings. The molecule has 2 rings (SSSR count). The van der Waals surface area contributed by atoms with Gasteiger partial charge in [0.25, 0.3) is 0 Å². The minimum atomic E-state index is -0.560. The number of nitrogens with one attached hydrogen (secondary N) is 1. The van der Waals surface area contributed by atoms with Crippen LogP contribution in [0.25, 0.3) is 0 Å². The van der Waals surface area contributed by atoms with Crippen LogP contribution in [0.2, 0.25) is 0 Å². The first-order valence-corrected chi connectivity index (χ1v) is 6.93. The van der Waals surface area contributed by atoms with E-state index in [1.807, 2.05) is 18.2 Å². The molecule has 0 aliphatic carbocycles. The molecule has 0 aromatic heterocycles. The molecule has 19 heavy (non-hydrogen) atoms. The first-order chi connectivity index (χ1) is 9.06. The maximum atomic E-state index is 11.7. The van der Waals surface area contributed by atoms with E-state index >= 15 is 0 Å². The number of halogens is 2. The van der Waals surface area contributed by atoms with Gasteiger partial charge in [0.05, 0.1) is 5.69 Å². The second-order valence-corrected chi connectivity index (χ2v) is 5.39. The number of nitrogen functional groups attached to an aromatic ring is 1. The van der Waals surface area contributed by atoms with Crippen LogP contribution in [0.3, 0.4) is 0 Å². The molecule has 6 heteroatoms. The standard InChI is InChI=1S/C13H10Br2N2O2/c14-10-6-9(7-11(15)12(10)16)19-13(18)17-8-4-2-1-3-5-8/h1-7H,16H2,(H,17,18). The van der Waals surface area contributed by atoms with E-state index in [-0.39, 0.29) is 0 Å². The third-order valence-corrected chi connectivity index (χ3v) is 3.60. The molecule has 0 atom stereocenters. The molecule has 3 N–H and O–H groups in total. The highest BCUT2D eigenvalue weighted by Gasteiger charge is 2.09. The minimum absolute atomic E-state index is 0.390. The molecule has 0 aliphatic heterocycles. The highest BCUT2D eigenvalue weighted by molar-refractivity contribution is 9.11. The van der Waals surface area contributed by atoms with Crippen LogP contribution < -0.4 is 15.8 Å². The number of carbonyl (C=O) groups excluding carboxylic acids is 1. The third-order valence-electron chi connectivity index (χ3n) is 2.28. The Balaban J connectivity index is 2.07. The lowest BCUT2D eigenvalue weighted by atomic mass is 10.3. The van der Waals surface area contributed by atoms with Crippen molar-refractivity contribution in [2.45, 2.75) is 0 Å². The molecule has 4 nitrogen and oxygen atoms in total. The molecule has 98 valence electrons. The topological polar surface area (TPSA) is 64.3 Å². The van der Waals surface area contributed by atoms with E-state index in [1.54, 1.807) is 24.3 Å². The zero-order chi connectivity index (χ0) is 13.8. The van der Waals surface area contributed by atoms with Crippen LogP contribution in [0.15, 0.2) is 51.4 Å². The highest BCUT2D eigenvalue weighted by Crippen LogP contribution is 2.32. The van der Waals surface area contributed by atoms with E-state index in [1.165, 1.54) is 0 Å². The van der Waals surface area contributed by atoms with Crippen LogP contribution in [-0.2, 0) is 0 Å². The quantitative estimate of drug-likeness (QED) is 0.752. The smallest absolute Gasteiger partial charge is 0.410 e. The summed E-state index contributed by atoms with van der Waals surface area (Å²) in [5.74, 6) is 0.390. The Hall–Kier alpha value is -1.53. The third kappa shape index (κ3) is 3.71. The van der Waals surface area contributed by atoms with Gasteiger partial charge >= 0.3 is 6.09 Å². The average molecular weight is 386 g/mol. The van der Waals surface area contributed by atoms with Gasteiger partial charge in [-0.2, -0.15) is 0 Å². The predicted octanol–water partition coefficient (Wildman–Crippen LogP) is 4.40. The first kappa shape index (κ1) is 13.9. The van der Waals surface area contributed by atoms with Crippen molar-refractivity contribution in [2.24, 2.45) is 0 Å². The Morgan fingerprint density at radius 1 is 1.11 bits per heavy atom. The number of benzene rings is 2. The summed E-state index contributed by atoms with van der Waals surface area (Å²) < 4.78 is 6.48. The maximum absolute atomic E-state index is 11.7. The lowest BCUT2D eigenvalue weighted by Gasteiger charge is -2.09. The van der Waals surface area contributed by atoms with Crippen molar-refractivity contribution in [1.29, 1.82) is 0 Å². The van der Waals surface area contributed by atoms with Crippen molar-refractivity contribution in [3.8, 4) is 5.75 Å². The van der Waals surface area contributed by atoms with Crippen molar-refractivity contribution in [1.82, 2.24) is 0 Å². The average Bonchev–Trinajstić information content (AvgIpc) is 2.37. The van der Waals surface area contributed by atoms with Crippen LogP contribution in [0.5, 0.6) is 5.75 Å². The van der Waals surface area contributed by atoms with Crippen LogP contribution in [0.4, 0.5) is 16.2 Å². The predicted molar refractivity (Wildman–Crippen MR) is 82.3 cm³/mol. The number of rotatable bonds is 2. The van der Waals surface area contributed by atoms with E-state index in [2.05, 4.69) is 37.2 Å². The lowest BCUT2D eigenvalue weighted by molar-refractivity contribution is 0.215. The second-order valence-electron chi connectivity index (χ2n) is 3.68. The molecule has 0 saturated heterocycles. The van der Waals surface area contributed by atoms with Gasteiger partial charge < -0.3 is 10.5 Å². The monoisotopic (exact) mass is 384 g/mol. The normalized spacial score (nSPS) is 10.0. The summed E-state index contributed by atoms with van der Waals surface area (Å²) >= 11 is 6.57. The zero-order valence-corrected chi connectivity index (χ0v) is 12.9. The van der Waals surface area contributed by atoms with E-state index < -0.39 is 6.09 Å². The zero-order valence-electron chi connectivity index (χ0n) is 9.69. The molecular weight excluding hydrogens is 376 g/mol. The number of amides is 1. The Morgan fingerprint density at radius 3 is 2.26 bits per heavy atom. The maximum Gasteiger partial charge on any atom is 0.417 e. The van der Waals surface area contributed by atoms with Gasteiger partial charge in [0.15, 0.2) is 0 Å². The minimum Gasteiger partial charge on any atom is -0.410 e. The Kier molecular flexibility index (Phi) is 4.44. The molecule has 2 aromatic rings. The highest BCUT2D eigenvalue weighted by atomic mass is 79.9. The lowest BCUT2D eigenvalue weighted by Crippen LogP contribution is -2.16. The summed E-state index contributed by atoms with van der Waals surface area (Å²) in [6, 6.07) is 12.3. The summed E-state index contributed by atoms with van der Waals surface area (Å²) in [5.41, 5.74) is 6.97. The van der Waals surface area contributed by atoms with Crippen molar-refractivity contribution in [3.63, 3.8) is 0 Å². The fraction of sp³-hybridized carbons (Fsp3) is 0. The summed E-state index contributed by atoms with van der Waals surface area (Å²) in [6.07, 6.45) is -0.560. The van der Waals surface area contributed by atoms with Crippen LogP contribution >= 0.6 is 31.9 Å². The molecule has 0 bridgehead atoms. The largest absolute Gasteiger partial charge is 0.417 e. The summed E-state index contributed by atoms with van der Waals surface area (Å²) in [7, 11) is 0. The number of hydrogen-bond donors (Lipinski definition) is 2. The van der Waals surface area contributed by atoms with Gasteiger partial charge in [-0.15, -0.1) is 0 Å². The molecule has 0 heterocycles. The van der Waals surface area contributed by atoms with Gasteiger partial charge in [-0.25, -0.2) is 4.79 Å². The number of anilines is 2. The number of carbonyl (C=O) groups is 1. The number of hydrogen-bond acceptors (Lipinski definition) is 3. The Labute approximate surface area is 127 Å². The van der Waals surface area contributed by atoms with Crippen LogP contribution in [0, 0.1) is 0 Å². The SMILES string of the molecule is Nc1c(Br)cc(OC(=O)Nc2ccccc2)cc1Br. The fourth-order valence-corrected chi connectivity index (χ4v) is 2.54. The molecule has 2 aromatic carbocycles. The molecular formula is C13H10Br2N2O2. The van der Waals surface area contributed by atoms with Gasteiger partial charge in [-0.3, -0.25) is 5.32 Å². The van der Waals surface area contributed by atoms with E-state index in [0.717, 1.165) is 0 Å². The number of nitrogens with two attached hydrogens (primary N) is 1. The van der Waals surface area contributed by atoms with E-state index in [9.17, 15) is 4.79 Å². The molecule has 1 amide bonds. The van der Waals surface area contributed by atoms with E-state index in [0.29, 0.717) is 26.1 Å². The molecule has 0 spiro atoms. The van der Waals surface area contributed by atoms with Crippen molar-refractivity contribution in [3.05, 3.63) is 51.4 Å². The van der Waals surface area contributed by atoms with Gasteiger partial charge in [-0.05, 0) is 56.1 Å². The first-order valence-electron chi connectivity index (χ1n) is 5.34. The summed E-state index contributed by atoms with van der Waals surface area (Å²) in [4.78, 5) is 11.7. The fourth-order valence-electron chi connectivity index (χ4n) is 1.39. The molecule has 0 fully saturated rings. The Morgan fingerprint density at radius 2 is 1.68 bits per heavy atom. The number of para-hydroxylation sites is 1. The van der Waals surface area contributed by atoms with Crippen molar-refractivity contribution in [2.75, 3.05) is 11.1 Å². The summed E-state index contributed by atoms with van der Waals surface area (Å²) in [6.45, 7) is 0. The van der Waals surface area contributed by atoms with Gasteiger partial charge in [0.2, 0.25) is 0 Å². The van der Waals surface area contributed by atoms with Gasteiger partial charge in [0, 0.05) is 14.6 Å². The van der Waals surface area contributed by atoms with Crippen molar-refractivity contribution < 1.29 is 9.53 Å². The molecule has 0 radical (unpaired) electrons. The molecule has 0 saturated carbocycles. The Bertz CT molecular complexity index is 580. The second kappa shape index (κ2) is 6.08.